The van der Waals surface area contributed by atoms with Gasteiger partial charge in [0.15, 0.2) is 0 Å². The molecule has 0 radical (unpaired) electrons. The van der Waals surface area contributed by atoms with E-state index in [2.05, 4.69) is 21.3 Å². The molecule has 0 saturated carbocycles. The molecular weight excluding hydrogens is 596 g/mol. The SMILES string of the molecule is [2H]C([2H])([2H])C([2H])(C([2H])([2H])[2H])[C@]([2H])(C(=O)N[C@@H](Cc1ccccc1)C[C@H](O)[C@H](Cc1ccccc1)NC(=O)[C@H](C(C)C)N1CCCNC1=O)N1CCCNC1=O. The lowest BCUT2D eigenvalue weighted by molar-refractivity contribution is -0.130. The van der Waals surface area contributed by atoms with Crippen molar-refractivity contribution in [3.8, 4) is 0 Å². The van der Waals surface area contributed by atoms with Crippen molar-refractivity contribution in [3.63, 3.8) is 0 Å². The van der Waals surface area contributed by atoms with E-state index < -0.39 is 67.7 Å². The highest BCUT2D eigenvalue weighted by Gasteiger charge is 2.38. The maximum absolute atomic E-state index is 14.5. The fourth-order valence-corrected chi connectivity index (χ4v) is 6.15. The third-order valence-corrected chi connectivity index (χ3v) is 8.43. The number of benzene rings is 2. The van der Waals surface area contributed by atoms with Gasteiger partial charge in [0.25, 0.3) is 0 Å². The Morgan fingerprint density at radius 1 is 0.851 bits per heavy atom. The molecule has 0 bridgehead atoms. The van der Waals surface area contributed by atoms with Crippen LogP contribution in [-0.4, -0.2) is 95.2 Å². The first-order valence-electron chi connectivity index (χ1n) is 20.2. The lowest BCUT2D eigenvalue weighted by atomic mass is 9.92. The van der Waals surface area contributed by atoms with E-state index in [0.29, 0.717) is 30.0 Å². The first-order valence-corrected chi connectivity index (χ1v) is 16.2. The van der Waals surface area contributed by atoms with E-state index in [-0.39, 0.29) is 50.7 Å². The number of hydrogen-bond acceptors (Lipinski definition) is 5. The summed E-state index contributed by atoms with van der Waals surface area (Å²) >= 11 is 0. The number of carbonyl (C=O) groups is 4. The number of rotatable bonds is 15. The second-order valence-electron chi connectivity index (χ2n) is 12.4. The molecule has 0 unspecified atom stereocenters. The normalized spacial score (nSPS) is 22.5. The maximum atomic E-state index is 14.5. The second-order valence-corrected chi connectivity index (χ2v) is 12.4. The van der Waals surface area contributed by atoms with E-state index >= 15 is 0 Å². The number of aliphatic hydroxyl groups is 1. The van der Waals surface area contributed by atoms with Gasteiger partial charge in [0.05, 0.1) is 13.5 Å². The summed E-state index contributed by atoms with van der Waals surface area (Å²) in [5.74, 6) is -6.16. The summed E-state index contributed by atoms with van der Waals surface area (Å²) in [6.45, 7) is -3.32. The van der Waals surface area contributed by atoms with Gasteiger partial charge in [-0.3, -0.25) is 9.59 Å². The number of hydrogen-bond donors (Lipinski definition) is 5. The Hall–Kier alpha value is -4.12. The van der Waals surface area contributed by atoms with E-state index in [4.69, 9.17) is 9.60 Å². The summed E-state index contributed by atoms with van der Waals surface area (Å²) in [6, 6.07) is 9.73. The number of nitrogens with zero attached hydrogens (tertiary/aromatic N) is 2. The summed E-state index contributed by atoms with van der Waals surface area (Å²) in [5, 5.41) is 22.7. The van der Waals surface area contributed by atoms with Crippen LogP contribution < -0.4 is 21.3 Å². The van der Waals surface area contributed by atoms with Crippen LogP contribution in [0.2, 0.25) is 0 Å². The van der Waals surface area contributed by atoms with Crippen LogP contribution in [0.15, 0.2) is 60.7 Å². The zero-order valence-electron chi connectivity index (χ0n) is 35.0. The smallest absolute Gasteiger partial charge is 0.318 e. The van der Waals surface area contributed by atoms with Crippen LogP contribution in [0.25, 0.3) is 0 Å². The van der Waals surface area contributed by atoms with Crippen molar-refractivity contribution >= 4 is 23.9 Å². The predicted molar refractivity (Wildman–Crippen MR) is 181 cm³/mol. The van der Waals surface area contributed by atoms with Crippen molar-refractivity contribution in [1.82, 2.24) is 31.1 Å². The average molecular weight is 657 g/mol. The minimum Gasteiger partial charge on any atom is -0.391 e. The van der Waals surface area contributed by atoms with E-state index in [0.717, 1.165) is 5.56 Å². The molecule has 2 aromatic carbocycles. The molecule has 4 rings (SSSR count). The summed E-state index contributed by atoms with van der Waals surface area (Å²) < 4.78 is 67.2. The van der Waals surface area contributed by atoms with Gasteiger partial charge in [-0.25, -0.2) is 9.59 Å². The Morgan fingerprint density at radius 2 is 1.40 bits per heavy atom. The maximum Gasteiger partial charge on any atom is 0.318 e. The highest BCUT2D eigenvalue weighted by atomic mass is 16.3. The molecule has 0 aliphatic carbocycles. The molecule has 11 nitrogen and oxygen atoms in total. The summed E-state index contributed by atoms with van der Waals surface area (Å²) in [5.41, 5.74) is 1.40. The third-order valence-electron chi connectivity index (χ3n) is 8.43. The lowest BCUT2D eigenvalue weighted by Crippen LogP contribution is -2.61. The Balaban J connectivity index is 1.74. The van der Waals surface area contributed by atoms with E-state index in [1.807, 2.05) is 18.2 Å². The van der Waals surface area contributed by atoms with Crippen molar-refractivity contribution < 1.29 is 35.3 Å². The largest absolute Gasteiger partial charge is 0.391 e. The fraction of sp³-hybridized carbons (Fsp3) is 0.556. The zero-order valence-corrected chi connectivity index (χ0v) is 27.0. The molecular formula is C36H52N6O5. The molecule has 0 aromatic heterocycles. The first kappa shape index (κ1) is 25.9. The minimum atomic E-state index is -3.82. The molecule has 2 aliphatic rings. The van der Waals surface area contributed by atoms with Gasteiger partial charge in [-0.2, -0.15) is 0 Å². The van der Waals surface area contributed by atoms with E-state index in [1.54, 1.807) is 56.3 Å². The number of nitrogens with one attached hydrogen (secondary N) is 4. The van der Waals surface area contributed by atoms with Crippen LogP contribution >= 0.6 is 0 Å². The average Bonchev–Trinajstić information content (AvgIpc) is 3.11. The van der Waals surface area contributed by atoms with Gasteiger partial charge in [0.2, 0.25) is 11.8 Å². The highest BCUT2D eigenvalue weighted by Crippen LogP contribution is 2.20. The Kier molecular flexibility index (Phi) is 9.45. The quantitative estimate of drug-likeness (QED) is 0.200. The van der Waals surface area contributed by atoms with E-state index in [1.165, 1.54) is 4.90 Å². The Bertz CT molecular complexity index is 1620. The standard InChI is InChI=1S/C36H52N6O5/c1-24(2)31(41-19-11-17-37-35(41)46)33(44)39-28(21-26-13-7-5-8-14-26)23-30(43)29(22-27-15-9-6-10-16-27)40-34(45)32(25(3)4)42-20-12-18-38-36(42)47/h5-10,13-16,24-25,28-32,43H,11-12,17-23H2,1-4H3,(H,37,46)(H,38,47)(H,39,44)(H,40,45)/t28-,29-,30-,31+,32-/m0/s1/i1D3,2D3,24D,31D. The van der Waals surface area contributed by atoms with Crippen molar-refractivity contribution in [2.75, 3.05) is 26.2 Å². The van der Waals surface area contributed by atoms with E-state index in [9.17, 15) is 25.7 Å². The van der Waals surface area contributed by atoms with Gasteiger partial charge in [-0.05, 0) is 55.0 Å². The highest BCUT2D eigenvalue weighted by molar-refractivity contribution is 5.88. The van der Waals surface area contributed by atoms with Crippen LogP contribution in [0.3, 0.4) is 0 Å². The minimum absolute atomic E-state index is 0.00692. The van der Waals surface area contributed by atoms with Gasteiger partial charge in [-0.15, -0.1) is 0 Å². The van der Waals surface area contributed by atoms with Crippen molar-refractivity contribution in [2.45, 2.75) is 89.9 Å². The molecule has 2 fully saturated rings. The number of urea groups is 2. The molecule has 6 amide bonds. The lowest BCUT2D eigenvalue weighted by Gasteiger charge is -2.38. The molecule has 47 heavy (non-hydrogen) atoms. The molecule has 256 valence electrons. The van der Waals surface area contributed by atoms with Gasteiger partial charge < -0.3 is 36.2 Å². The molecule has 2 saturated heterocycles. The van der Waals surface area contributed by atoms with Crippen molar-refractivity contribution in [1.29, 1.82) is 0 Å². The Labute approximate surface area is 290 Å². The molecule has 5 N–H and O–H groups in total. The third kappa shape index (κ3) is 9.93. The molecule has 2 heterocycles. The van der Waals surface area contributed by atoms with Crippen LogP contribution in [0, 0.1) is 11.8 Å². The van der Waals surface area contributed by atoms with Crippen LogP contribution in [-0.2, 0) is 22.4 Å². The Morgan fingerprint density at radius 3 is 1.94 bits per heavy atom. The fourth-order valence-electron chi connectivity index (χ4n) is 6.15. The predicted octanol–water partition coefficient (Wildman–Crippen LogP) is 3.07. The van der Waals surface area contributed by atoms with Gasteiger partial charge >= 0.3 is 12.1 Å². The van der Waals surface area contributed by atoms with Crippen molar-refractivity contribution in [3.05, 3.63) is 71.8 Å². The van der Waals surface area contributed by atoms with Crippen LogP contribution in [0.4, 0.5) is 9.59 Å². The van der Waals surface area contributed by atoms with Crippen LogP contribution in [0.1, 0.15) is 68.9 Å². The van der Waals surface area contributed by atoms with Crippen LogP contribution in [0.5, 0.6) is 0 Å². The molecule has 11 heteroatoms. The molecule has 0 spiro atoms. The van der Waals surface area contributed by atoms with Gasteiger partial charge in [0, 0.05) is 41.8 Å². The first-order chi connectivity index (χ1) is 25.7. The molecule has 2 aliphatic heterocycles. The van der Waals surface area contributed by atoms with Gasteiger partial charge in [-0.1, -0.05) is 88.2 Å². The monoisotopic (exact) mass is 656 g/mol. The number of carbonyl (C=O) groups excluding carboxylic acids is 4. The number of amides is 6. The zero-order chi connectivity index (χ0) is 40.8. The van der Waals surface area contributed by atoms with Crippen molar-refractivity contribution in [2.24, 2.45) is 11.8 Å². The molecule has 2 aromatic rings. The molecule has 5 atom stereocenters. The summed E-state index contributed by atoms with van der Waals surface area (Å²) in [7, 11) is 0. The number of aliphatic hydroxyl groups excluding tert-OH is 1. The topological polar surface area (TPSA) is 143 Å². The second kappa shape index (κ2) is 17.2. The van der Waals surface area contributed by atoms with Gasteiger partial charge in [0.1, 0.15) is 12.1 Å². The summed E-state index contributed by atoms with van der Waals surface area (Å²) in [4.78, 5) is 56.4. The summed E-state index contributed by atoms with van der Waals surface area (Å²) in [6.07, 6.45) is -0.816.